The van der Waals surface area contributed by atoms with Crippen molar-refractivity contribution in [1.82, 2.24) is 10.2 Å². The minimum atomic E-state index is -0.370. The maximum atomic E-state index is 11.3. The van der Waals surface area contributed by atoms with Gasteiger partial charge in [0.25, 0.3) is 11.1 Å². The van der Waals surface area contributed by atoms with Gasteiger partial charge >= 0.3 is 5.97 Å². The van der Waals surface area contributed by atoms with Gasteiger partial charge in [-0.05, 0) is 32.4 Å². The number of ether oxygens (including phenoxy) is 1. The van der Waals surface area contributed by atoms with Crippen LogP contribution < -0.4 is 0 Å². The van der Waals surface area contributed by atoms with Crippen molar-refractivity contribution in [3.63, 3.8) is 0 Å². The Kier molecular flexibility index (Phi) is 4.26. The van der Waals surface area contributed by atoms with Crippen molar-refractivity contribution >= 4 is 29.1 Å². The fourth-order valence-electron chi connectivity index (χ4n) is 1.40. The summed E-state index contributed by atoms with van der Waals surface area (Å²) in [7, 11) is 1.36. The highest BCUT2D eigenvalue weighted by atomic mass is 32.2. The van der Waals surface area contributed by atoms with Crippen LogP contribution in [0.1, 0.15) is 17.4 Å². The molecule has 0 saturated carbocycles. The van der Waals surface area contributed by atoms with Crippen LogP contribution in [-0.2, 0) is 9.53 Å². The first kappa shape index (κ1) is 14.1. The number of rotatable bonds is 4. The quantitative estimate of drug-likeness (QED) is 0.638. The number of methoxy groups -OCH3 is 1. The van der Waals surface area contributed by atoms with Crippen LogP contribution in [0.15, 0.2) is 15.7 Å². The van der Waals surface area contributed by atoms with E-state index in [0.717, 1.165) is 4.88 Å². The van der Waals surface area contributed by atoms with E-state index in [1.165, 1.54) is 29.3 Å². The zero-order valence-electron chi connectivity index (χ0n) is 11.1. The van der Waals surface area contributed by atoms with E-state index in [1.807, 2.05) is 13.0 Å². The van der Waals surface area contributed by atoms with Gasteiger partial charge in [-0.3, -0.25) is 4.79 Å². The summed E-state index contributed by atoms with van der Waals surface area (Å²) in [6, 6.07) is 2.02. The largest absolute Gasteiger partial charge is 0.468 e. The first-order chi connectivity index (χ1) is 9.01. The number of carbonyl (C=O) groups excluding carboxylic acids is 1. The van der Waals surface area contributed by atoms with Crippen LogP contribution in [0, 0.1) is 13.8 Å². The molecule has 0 aromatic carbocycles. The third-order valence-corrected chi connectivity index (χ3v) is 4.65. The fraction of sp³-hybridized carbons (Fsp3) is 0.417. The molecule has 0 N–H and O–H groups in total. The molecular weight excluding hydrogens is 284 g/mol. The first-order valence-electron chi connectivity index (χ1n) is 5.66. The van der Waals surface area contributed by atoms with Gasteiger partial charge in [0.2, 0.25) is 0 Å². The monoisotopic (exact) mass is 298 g/mol. The summed E-state index contributed by atoms with van der Waals surface area (Å²) in [5, 5.41) is 7.93. The topological polar surface area (TPSA) is 65.2 Å². The fourth-order valence-corrected chi connectivity index (χ4v) is 3.07. The summed E-state index contributed by atoms with van der Waals surface area (Å²) in [5.74, 6) is 0.174. The third kappa shape index (κ3) is 3.16. The summed E-state index contributed by atoms with van der Waals surface area (Å²) in [5.41, 5.74) is 1.20. The van der Waals surface area contributed by atoms with Crippen LogP contribution in [0.25, 0.3) is 10.8 Å². The molecule has 1 atom stereocenters. The summed E-state index contributed by atoms with van der Waals surface area (Å²) < 4.78 is 10.2. The minimum Gasteiger partial charge on any atom is -0.468 e. The third-order valence-electron chi connectivity index (χ3n) is 2.59. The molecule has 0 fully saturated rings. The Balaban J connectivity index is 2.13. The van der Waals surface area contributed by atoms with Crippen LogP contribution in [-0.4, -0.2) is 28.5 Å². The van der Waals surface area contributed by atoms with Gasteiger partial charge in [-0.25, -0.2) is 0 Å². The van der Waals surface area contributed by atoms with Crippen molar-refractivity contribution in [1.29, 1.82) is 0 Å². The highest BCUT2D eigenvalue weighted by Crippen LogP contribution is 2.32. The van der Waals surface area contributed by atoms with E-state index in [2.05, 4.69) is 21.9 Å². The van der Waals surface area contributed by atoms with Gasteiger partial charge in [-0.1, -0.05) is 11.8 Å². The number of esters is 1. The molecule has 2 rings (SSSR count). The van der Waals surface area contributed by atoms with Gasteiger partial charge in [-0.2, -0.15) is 0 Å². The van der Waals surface area contributed by atoms with Gasteiger partial charge in [0.05, 0.1) is 12.0 Å². The van der Waals surface area contributed by atoms with Crippen LogP contribution in [0.4, 0.5) is 0 Å². The molecule has 19 heavy (non-hydrogen) atoms. The summed E-state index contributed by atoms with van der Waals surface area (Å²) in [6.07, 6.45) is 0. The Bertz CT molecular complexity index is 572. The smallest absolute Gasteiger partial charge is 0.319 e. The van der Waals surface area contributed by atoms with E-state index >= 15 is 0 Å². The lowest BCUT2D eigenvalue weighted by Crippen LogP contribution is -2.14. The predicted molar refractivity (Wildman–Crippen MR) is 74.4 cm³/mol. The lowest BCUT2D eigenvalue weighted by molar-refractivity contribution is -0.139. The molecule has 102 valence electrons. The maximum absolute atomic E-state index is 11.3. The molecule has 2 aromatic heterocycles. The number of aromatic nitrogens is 2. The van der Waals surface area contributed by atoms with Crippen molar-refractivity contribution in [2.45, 2.75) is 31.2 Å². The molecule has 2 heterocycles. The zero-order chi connectivity index (χ0) is 14.0. The number of thiophene rings is 1. The first-order valence-corrected chi connectivity index (χ1v) is 7.36. The maximum Gasteiger partial charge on any atom is 0.319 e. The molecule has 0 aliphatic heterocycles. The SMILES string of the molecule is COC(=O)C(C)Sc1nnc(-c2cc(C)c(C)s2)o1. The van der Waals surface area contributed by atoms with Crippen molar-refractivity contribution in [2.24, 2.45) is 0 Å². The average Bonchev–Trinajstić information content (AvgIpc) is 2.96. The Hall–Kier alpha value is -1.34. The lowest BCUT2D eigenvalue weighted by Gasteiger charge is -2.04. The molecule has 0 saturated heterocycles. The molecule has 0 radical (unpaired) electrons. The Morgan fingerprint density at radius 3 is 2.79 bits per heavy atom. The van der Waals surface area contributed by atoms with Crippen LogP contribution in [0.3, 0.4) is 0 Å². The number of nitrogens with zero attached hydrogens (tertiary/aromatic N) is 2. The number of hydrogen-bond acceptors (Lipinski definition) is 7. The van der Waals surface area contributed by atoms with Crippen molar-refractivity contribution < 1.29 is 13.9 Å². The van der Waals surface area contributed by atoms with E-state index in [9.17, 15) is 4.79 Å². The van der Waals surface area contributed by atoms with Crippen molar-refractivity contribution in [2.75, 3.05) is 7.11 Å². The summed E-state index contributed by atoms with van der Waals surface area (Å²) >= 11 is 2.81. The Morgan fingerprint density at radius 2 is 2.21 bits per heavy atom. The molecule has 0 aliphatic rings. The number of aryl methyl sites for hydroxylation is 2. The molecule has 2 aromatic rings. The highest BCUT2D eigenvalue weighted by molar-refractivity contribution is 8.00. The lowest BCUT2D eigenvalue weighted by atomic mass is 10.3. The molecule has 5 nitrogen and oxygen atoms in total. The molecule has 0 spiro atoms. The molecule has 0 aliphatic carbocycles. The van der Waals surface area contributed by atoms with Gasteiger partial charge in [-0.15, -0.1) is 21.5 Å². The number of thioether (sulfide) groups is 1. The highest BCUT2D eigenvalue weighted by Gasteiger charge is 2.19. The van der Waals surface area contributed by atoms with Crippen LogP contribution >= 0.6 is 23.1 Å². The number of carbonyl (C=O) groups is 1. The molecule has 0 amide bonds. The summed E-state index contributed by atoms with van der Waals surface area (Å²) in [6.45, 7) is 5.83. The van der Waals surface area contributed by atoms with Gasteiger partial charge in [0.15, 0.2) is 0 Å². The molecule has 0 bridgehead atoms. The minimum absolute atomic E-state index is 0.312. The van der Waals surface area contributed by atoms with Gasteiger partial charge in [0.1, 0.15) is 5.25 Å². The second kappa shape index (κ2) is 5.75. The van der Waals surface area contributed by atoms with E-state index in [0.29, 0.717) is 11.1 Å². The van der Waals surface area contributed by atoms with Gasteiger partial charge in [0, 0.05) is 4.88 Å². The van der Waals surface area contributed by atoms with E-state index in [-0.39, 0.29) is 11.2 Å². The van der Waals surface area contributed by atoms with Crippen molar-refractivity contribution in [3.05, 3.63) is 16.5 Å². The number of hydrogen-bond donors (Lipinski definition) is 0. The molecule has 1 unspecified atom stereocenters. The predicted octanol–water partition coefficient (Wildman–Crippen LogP) is 3.07. The Labute approximate surface area is 119 Å². The van der Waals surface area contributed by atoms with E-state index in [1.54, 1.807) is 18.3 Å². The molecular formula is C12H14N2O3S2. The zero-order valence-corrected chi connectivity index (χ0v) is 12.7. The van der Waals surface area contributed by atoms with Crippen LogP contribution in [0.5, 0.6) is 0 Å². The van der Waals surface area contributed by atoms with E-state index in [4.69, 9.17) is 4.42 Å². The van der Waals surface area contributed by atoms with Gasteiger partial charge < -0.3 is 9.15 Å². The average molecular weight is 298 g/mol. The standard InChI is InChI=1S/C12H14N2O3S2/c1-6-5-9(18-7(6)2)10-13-14-12(17-10)19-8(3)11(15)16-4/h5,8H,1-4H3. The van der Waals surface area contributed by atoms with Crippen molar-refractivity contribution in [3.8, 4) is 10.8 Å². The Morgan fingerprint density at radius 1 is 1.47 bits per heavy atom. The second-order valence-electron chi connectivity index (χ2n) is 4.01. The summed E-state index contributed by atoms with van der Waals surface area (Å²) in [4.78, 5) is 13.5. The molecule has 7 heteroatoms. The van der Waals surface area contributed by atoms with E-state index < -0.39 is 0 Å². The normalized spacial score (nSPS) is 12.4. The second-order valence-corrected chi connectivity index (χ2v) is 6.55. The van der Waals surface area contributed by atoms with Crippen LogP contribution in [0.2, 0.25) is 0 Å².